The number of ketones is 1. The van der Waals surface area contributed by atoms with E-state index in [1.807, 2.05) is 0 Å². The van der Waals surface area contributed by atoms with Crippen LogP contribution in [0.25, 0.3) is 0 Å². The fourth-order valence-corrected chi connectivity index (χ4v) is 6.42. The number of carboxylic acid groups (broad SMARTS) is 1. The minimum atomic E-state index is -5.06. The fraction of sp³-hybridized carbons (Fsp3) is 0.357. The Morgan fingerprint density at radius 2 is 1.60 bits per heavy atom. The number of nitrogens with zero attached hydrogens (tertiary/aromatic N) is 3. The maximum Gasteiger partial charge on any atom is 0.433 e. The number of rotatable bonds is 9. The summed E-state index contributed by atoms with van der Waals surface area (Å²) in [5, 5.41) is 13.0. The van der Waals surface area contributed by atoms with Gasteiger partial charge in [0.05, 0.1) is 45.9 Å². The summed E-state index contributed by atoms with van der Waals surface area (Å²) in [5.41, 5.74) is -2.56. The lowest BCUT2D eigenvalue weighted by Gasteiger charge is -2.28. The molecule has 0 spiro atoms. The summed E-state index contributed by atoms with van der Waals surface area (Å²) >= 11 is 13.8. The molecule has 1 N–H and O–H groups in total. The quantitative estimate of drug-likeness (QED) is 0.144. The van der Waals surface area contributed by atoms with E-state index in [4.69, 9.17) is 23.2 Å². The minimum absolute atomic E-state index is 0.0492. The van der Waals surface area contributed by atoms with Crippen LogP contribution in [0.15, 0.2) is 41.4 Å². The average Bonchev–Trinajstić information content (AvgIpc) is 3.37. The van der Waals surface area contributed by atoms with E-state index in [1.165, 1.54) is 23.9 Å². The molecule has 1 fully saturated rings. The first kappa shape index (κ1) is 32.7. The van der Waals surface area contributed by atoms with Crippen molar-refractivity contribution >= 4 is 52.6 Å². The molecule has 4 rings (SSSR count). The van der Waals surface area contributed by atoms with Gasteiger partial charge in [0.1, 0.15) is 11.6 Å². The first-order chi connectivity index (χ1) is 20.2. The Bertz CT molecular complexity index is 1510. The molecule has 0 aliphatic heterocycles. The molecule has 0 unspecified atom stereocenters. The van der Waals surface area contributed by atoms with Gasteiger partial charge in [-0.15, -0.1) is 11.8 Å². The maximum absolute atomic E-state index is 14.4. The lowest BCUT2D eigenvalue weighted by molar-refractivity contribution is -0.147. The molecule has 0 atom stereocenters. The highest BCUT2D eigenvalue weighted by atomic mass is 35.5. The molecule has 1 aromatic heterocycles. The van der Waals surface area contributed by atoms with Crippen LogP contribution in [0.5, 0.6) is 0 Å². The molecule has 1 heterocycles. The number of Topliss-reactive ketones (excluding diaryl/α,β-unsaturated/α-hetero) is 1. The van der Waals surface area contributed by atoms with Crippen LogP contribution >= 0.6 is 35.0 Å². The number of carbonyl (C=O) groups is 3. The van der Waals surface area contributed by atoms with Crippen molar-refractivity contribution in [2.75, 3.05) is 12.8 Å². The molecule has 1 amide bonds. The monoisotopic (exact) mass is 663 g/mol. The zero-order chi connectivity index (χ0) is 31.6. The van der Waals surface area contributed by atoms with E-state index in [-0.39, 0.29) is 46.9 Å². The van der Waals surface area contributed by atoms with E-state index < -0.39 is 71.8 Å². The van der Waals surface area contributed by atoms with Gasteiger partial charge < -0.3 is 10.0 Å². The summed E-state index contributed by atoms with van der Waals surface area (Å²) < 4.78 is 71.9. The molecule has 7 nitrogen and oxygen atoms in total. The minimum Gasteiger partial charge on any atom is -0.481 e. The summed E-state index contributed by atoms with van der Waals surface area (Å²) in [7, 11) is 0. The number of carboxylic acids is 1. The molecule has 3 aromatic rings. The molecule has 43 heavy (non-hydrogen) atoms. The van der Waals surface area contributed by atoms with Gasteiger partial charge in [0.15, 0.2) is 11.5 Å². The molecule has 1 saturated carbocycles. The van der Waals surface area contributed by atoms with E-state index in [0.29, 0.717) is 20.5 Å². The van der Waals surface area contributed by atoms with Crippen molar-refractivity contribution in [1.29, 1.82) is 0 Å². The van der Waals surface area contributed by atoms with Crippen LogP contribution in [0.4, 0.5) is 22.0 Å². The summed E-state index contributed by atoms with van der Waals surface area (Å²) in [6.07, 6.45) is -2.16. The van der Waals surface area contributed by atoms with E-state index >= 15 is 0 Å². The smallest absolute Gasteiger partial charge is 0.433 e. The van der Waals surface area contributed by atoms with Gasteiger partial charge in [-0.05, 0) is 61.8 Å². The molecule has 1 aliphatic rings. The van der Waals surface area contributed by atoms with Gasteiger partial charge in [-0.2, -0.15) is 18.3 Å². The fourth-order valence-electron chi connectivity index (χ4n) is 5.12. The highest BCUT2D eigenvalue weighted by Gasteiger charge is 2.43. The van der Waals surface area contributed by atoms with Gasteiger partial charge in [-0.25, -0.2) is 8.78 Å². The molecule has 0 bridgehead atoms. The Hall–Kier alpha value is -3.16. The molecular weight excluding hydrogens is 640 g/mol. The standard InChI is InChI=1S/C28H24Cl2F5N3O4S/c1-43-19-9-21(29)24(22(30)10-19)23(39)13-37(12-14-6-16(31)8-17(32)7-14)26(40)20-11-36-38(25(20)28(33,34)35)18-4-2-15(3-5-18)27(41)42/h6-11,15,18H,2-5,12-13H2,1H3,(H,41,42). The number of halogens is 7. The van der Waals surface area contributed by atoms with E-state index in [0.717, 1.165) is 18.3 Å². The lowest BCUT2D eigenvalue weighted by atomic mass is 9.86. The first-order valence-corrected chi connectivity index (χ1v) is 14.9. The van der Waals surface area contributed by atoms with Crippen LogP contribution in [0.3, 0.4) is 0 Å². The highest BCUT2D eigenvalue weighted by molar-refractivity contribution is 7.98. The lowest BCUT2D eigenvalue weighted by Crippen LogP contribution is -2.37. The topological polar surface area (TPSA) is 92.5 Å². The Morgan fingerprint density at radius 1 is 1.02 bits per heavy atom. The van der Waals surface area contributed by atoms with Crippen molar-refractivity contribution in [3.8, 4) is 0 Å². The van der Waals surface area contributed by atoms with Crippen LogP contribution < -0.4 is 0 Å². The zero-order valence-corrected chi connectivity index (χ0v) is 24.8. The summed E-state index contributed by atoms with van der Waals surface area (Å²) in [4.78, 5) is 39.8. The predicted molar refractivity (Wildman–Crippen MR) is 150 cm³/mol. The van der Waals surface area contributed by atoms with Crippen molar-refractivity contribution in [1.82, 2.24) is 14.7 Å². The number of carbonyl (C=O) groups excluding carboxylic acids is 2. The first-order valence-electron chi connectivity index (χ1n) is 12.9. The Labute approximate surface area is 256 Å². The van der Waals surface area contributed by atoms with Crippen LogP contribution in [-0.2, 0) is 17.5 Å². The summed E-state index contributed by atoms with van der Waals surface area (Å²) in [6, 6.07) is 4.45. The number of benzene rings is 2. The Kier molecular flexibility index (Phi) is 10.1. The van der Waals surface area contributed by atoms with Crippen LogP contribution in [0, 0.1) is 17.6 Å². The summed E-state index contributed by atoms with van der Waals surface area (Å²) in [5.74, 6) is -5.81. The number of thioether (sulfide) groups is 1. The number of amides is 1. The molecule has 230 valence electrons. The van der Waals surface area contributed by atoms with Gasteiger partial charge in [0, 0.05) is 17.5 Å². The van der Waals surface area contributed by atoms with Crippen molar-refractivity contribution in [2.24, 2.45) is 5.92 Å². The SMILES string of the molecule is CSc1cc(Cl)c(C(=O)CN(Cc2cc(F)cc(F)c2)C(=O)c2cnn(C3CCC(C(=O)O)CC3)c2C(F)(F)F)c(Cl)c1. The molecule has 1 aliphatic carbocycles. The Morgan fingerprint density at radius 3 is 2.12 bits per heavy atom. The molecule has 15 heteroatoms. The van der Waals surface area contributed by atoms with Crippen LogP contribution in [0.2, 0.25) is 10.0 Å². The van der Waals surface area contributed by atoms with Crippen LogP contribution in [0.1, 0.15) is 63.7 Å². The van der Waals surface area contributed by atoms with E-state index in [9.17, 15) is 41.4 Å². The molecule has 0 radical (unpaired) electrons. The largest absolute Gasteiger partial charge is 0.481 e. The van der Waals surface area contributed by atoms with E-state index in [2.05, 4.69) is 5.10 Å². The maximum atomic E-state index is 14.4. The van der Waals surface area contributed by atoms with Gasteiger partial charge in [0.2, 0.25) is 0 Å². The van der Waals surface area contributed by atoms with Gasteiger partial charge in [0.25, 0.3) is 5.91 Å². The van der Waals surface area contributed by atoms with Gasteiger partial charge >= 0.3 is 12.1 Å². The average molecular weight is 664 g/mol. The van der Waals surface area contributed by atoms with Crippen molar-refractivity contribution in [2.45, 2.75) is 49.3 Å². The van der Waals surface area contributed by atoms with Crippen LogP contribution in [-0.4, -0.2) is 50.2 Å². The Balaban J connectivity index is 1.73. The second kappa shape index (κ2) is 13.2. The molecule has 2 aromatic carbocycles. The third kappa shape index (κ3) is 7.50. The zero-order valence-electron chi connectivity index (χ0n) is 22.4. The van der Waals surface area contributed by atoms with Crippen molar-refractivity contribution < 1.29 is 41.4 Å². The number of hydrogen-bond acceptors (Lipinski definition) is 5. The third-order valence-electron chi connectivity index (χ3n) is 7.13. The molecular formula is C28H24Cl2F5N3O4S. The van der Waals surface area contributed by atoms with Crippen molar-refractivity contribution in [3.05, 3.63) is 80.6 Å². The number of aliphatic carboxylic acids is 1. The third-order valence-corrected chi connectivity index (χ3v) is 8.44. The number of alkyl halides is 3. The molecule has 0 saturated heterocycles. The second-order valence-corrected chi connectivity index (χ2v) is 11.7. The summed E-state index contributed by atoms with van der Waals surface area (Å²) in [6.45, 7) is -1.47. The number of aromatic nitrogens is 2. The second-order valence-electron chi connectivity index (χ2n) is 10.0. The highest BCUT2D eigenvalue weighted by Crippen LogP contribution is 2.39. The predicted octanol–water partition coefficient (Wildman–Crippen LogP) is 7.55. The number of hydrogen-bond donors (Lipinski definition) is 1. The van der Waals surface area contributed by atoms with Crippen molar-refractivity contribution in [3.63, 3.8) is 0 Å². The van der Waals surface area contributed by atoms with Gasteiger partial charge in [-0.3, -0.25) is 19.1 Å². The van der Waals surface area contributed by atoms with E-state index in [1.54, 1.807) is 6.26 Å². The van der Waals surface area contributed by atoms with Gasteiger partial charge in [-0.1, -0.05) is 23.2 Å². The normalized spacial score (nSPS) is 17.1.